The highest BCUT2D eigenvalue weighted by Gasteiger charge is 1.96. The standard InChI is InChI=1S/C15H15N3O/c1-19-15-6-2-12(3-7-15)8-9-17-14-5-4-13(10-16)18-11-14/h2-7,11,17H,8-9H2,1H3. The van der Waals surface area contributed by atoms with E-state index in [1.54, 1.807) is 19.4 Å². The molecule has 0 aliphatic carbocycles. The zero-order chi connectivity index (χ0) is 13.5. The summed E-state index contributed by atoms with van der Waals surface area (Å²) in [6, 6.07) is 13.6. The van der Waals surface area contributed by atoms with Crippen molar-refractivity contribution in [3.63, 3.8) is 0 Å². The highest BCUT2D eigenvalue weighted by molar-refractivity contribution is 5.42. The minimum absolute atomic E-state index is 0.431. The fourth-order valence-corrected chi connectivity index (χ4v) is 1.71. The molecule has 0 aliphatic rings. The molecule has 96 valence electrons. The van der Waals surface area contributed by atoms with Crippen LogP contribution < -0.4 is 10.1 Å². The summed E-state index contributed by atoms with van der Waals surface area (Å²) < 4.78 is 5.11. The van der Waals surface area contributed by atoms with Gasteiger partial charge in [0.2, 0.25) is 0 Å². The molecule has 0 atom stereocenters. The van der Waals surface area contributed by atoms with Gasteiger partial charge in [0, 0.05) is 6.54 Å². The van der Waals surface area contributed by atoms with Gasteiger partial charge >= 0.3 is 0 Å². The van der Waals surface area contributed by atoms with Gasteiger partial charge in [-0.25, -0.2) is 4.98 Å². The molecule has 0 amide bonds. The van der Waals surface area contributed by atoms with Crippen molar-refractivity contribution in [3.05, 3.63) is 53.9 Å². The van der Waals surface area contributed by atoms with Crippen molar-refractivity contribution in [1.29, 1.82) is 5.26 Å². The first kappa shape index (κ1) is 12.9. The molecule has 1 aromatic carbocycles. The van der Waals surface area contributed by atoms with Gasteiger partial charge in [-0.3, -0.25) is 0 Å². The van der Waals surface area contributed by atoms with Crippen LogP contribution in [0.4, 0.5) is 5.69 Å². The number of ether oxygens (including phenoxy) is 1. The van der Waals surface area contributed by atoms with Crippen LogP contribution in [0.2, 0.25) is 0 Å². The van der Waals surface area contributed by atoms with Crippen LogP contribution in [0, 0.1) is 11.3 Å². The lowest BCUT2D eigenvalue weighted by molar-refractivity contribution is 0.414. The number of rotatable bonds is 5. The second kappa shape index (κ2) is 6.41. The van der Waals surface area contributed by atoms with Gasteiger partial charge in [0.25, 0.3) is 0 Å². The number of anilines is 1. The Hall–Kier alpha value is -2.54. The van der Waals surface area contributed by atoms with Crippen LogP contribution in [0.25, 0.3) is 0 Å². The molecular formula is C15H15N3O. The Morgan fingerprint density at radius 2 is 2.00 bits per heavy atom. The van der Waals surface area contributed by atoms with Crippen LogP contribution in [0.5, 0.6) is 5.75 Å². The molecule has 0 saturated heterocycles. The van der Waals surface area contributed by atoms with E-state index in [2.05, 4.69) is 22.4 Å². The fourth-order valence-electron chi connectivity index (χ4n) is 1.71. The lowest BCUT2D eigenvalue weighted by Gasteiger charge is -2.06. The smallest absolute Gasteiger partial charge is 0.140 e. The molecule has 0 unspecified atom stereocenters. The summed E-state index contributed by atoms with van der Waals surface area (Å²) in [6.45, 7) is 0.819. The van der Waals surface area contributed by atoms with E-state index < -0.39 is 0 Å². The summed E-state index contributed by atoms with van der Waals surface area (Å²) >= 11 is 0. The lowest BCUT2D eigenvalue weighted by Crippen LogP contribution is -2.05. The first-order chi connectivity index (χ1) is 9.31. The first-order valence-corrected chi connectivity index (χ1v) is 6.05. The highest BCUT2D eigenvalue weighted by atomic mass is 16.5. The molecule has 19 heavy (non-hydrogen) atoms. The summed E-state index contributed by atoms with van der Waals surface area (Å²) in [5, 5.41) is 11.9. The molecule has 0 radical (unpaired) electrons. The van der Waals surface area contributed by atoms with Gasteiger partial charge in [-0.1, -0.05) is 12.1 Å². The topological polar surface area (TPSA) is 57.9 Å². The quantitative estimate of drug-likeness (QED) is 0.889. The number of nitrogens with zero attached hydrogens (tertiary/aromatic N) is 2. The molecule has 0 spiro atoms. The predicted octanol–water partition coefficient (Wildman–Crippen LogP) is 2.62. The van der Waals surface area contributed by atoms with Crippen molar-refractivity contribution >= 4 is 5.69 Å². The monoisotopic (exact) mass is 253 g/mol. The van der Waals surface area contributed by atoms with Crippen LogP contribution in [-0.4, -0.2) is 18.6 Å². The van der Waals surface area contributed by atoms with Gasteiger partial charge in [-0.05, 0) is 36.2 Å². The maximum absolute atomic E-state index is 8.65. The maximum atomic E-state index is 8.65. The first-order valence-electron chi connectivity index (χ1n) is 6.05. The van der Waals surface area contributed by atoms with Crippen molar-refractivity contribution in [3.8, 4) is 11.8 Å². The third-order valence-electron chi connectivity index (χ3n) is 2.78. The zero-order valence-electron chi connectivity index (χ0n) is 10.8. The molecule has 4 heteroatoms. The Balaban J connectivity index is 1.83. The SMILES string of the molecule is COc1ccc(CCNc2ccc(C#N)nc2)cc1. The van der Waals surface area contributed by atoms with Crippen LogP contribution in [0.1, 0.15) is 11.3 Å². The zero-order valence-corrected chi connectivity index (χ0v) is 10.8. The van der Waals surface area contributed by atoms with Gasteiger partial charge in [-0.15, -0.1) is 0 Å². The summed E-state index contributed by atoms with van der Waals surface area (Å²) in [5.74, 6) is 0.869. The third kappa shape index (κ3) is 3.71. The number of hydrogen-bond donors (Lipinski definition) is 1. The number of nitriles is 1. The van der Waals surface area contributed by atoms with Crippen LogP contribution in [-0.2, 0) is 6.42 Å². The van der Waals surface area contributed by atoms with E-state index in [1.807, 2.05) is 24.3 Å². The van der Waals surface area contributed by atoms with E-state index in [9.17, 15) is 0 Å². The minimum Gasteiger partial charge on any atom is -0.497 e. The van der Waals surface area contributed by atoms with Crippen molar-refractivity contribution in [2.75, 3.05) is 19.0 Å². The molecule has 0 aliphatic heterocycles. The minimum atomic E-state index is 0.431. The number of pyridine rings is 1. The molecule has 0 fully saturated rings. The van der Waals surface area contributed by atoms with E-state index in [0.29, 0.717) is 5.69 Å². The Morgan fingerprint density at radius 1 is 1.21 bits per heavy atom. The third-order valence-corrected chi connectivity index (χ3v) is 2.78. The highest BCUT2D eigenvalue weighted by Crippen LogP contribution is 2.12. The molecule has 1 aromatic heterocycles. The second-order valence-electron chi connectivity index (χ2n) is 4.07. The van der Waals surface area contributed by atoms with Gasteiger partial charge in [0.1, 0.15) is 17.5 Å². The molecule has 2 rings (SSSR count). The lowest BCUT2D eigenvalue weighted by atomic mass is 10.1. The Kier molecular flexibility index (Phi) is 4.35. The molecular weight excluding hydrogens is 238 g/mol. The number of methoxy groups -OCH3 is 1. The van der Waals surface area contributed by atoms with Crippen LogP contribution in [0.15, 0.2) is 42.6 Å². The van der Waals surface area contributed by atoms with Crippen LogP contribution >= 0.6 is 0 Å². The Morgan fingerprint density at radius 3 is 2.58 bits per heavy atom. The van der Waals surface area contributed by atoms with E-state index in [4.69, 9.17) is 10.00 Å². The number of nitrogens with one attached hydrogen (secondary N) is 1. The van der Waals surface area contributed by atoms with Gasteiger partial charge in [0.05, 0.1) is 19.0 Å². The number of aromatic nitrogens is 1. The number of benzene rings is 1. The van der Waals surface area contributed by atoms with Crippen molar-refractivity contribution in [2.24, 2.45) is 0 Å². The summed E-state index contributed by atoms with van der Waals surface area (Å²) in [7, 11) is 1.66. The predicted molar refractivity (Wildman–Crippen MR) is 74.1 cm³/mol. The summed E-state index contributed by atoms with van der Waals surface area (Å²) in [6.07, 6.45) is 2.59. The maximum Gasteiger partial charge on any atom is 0.140 e. The Bertz CT molecular complexity index is 555. The average Bonchev–Trinajstić information content (AvgIpc) is 2.49. The summed E-state index contributed by atoms with van der Waals surface area (Å²) in [4.78, 5) is 4.01. The van der Waals surface area contributed by atoms with Crippen molar-refractivity contribution in [1.82, 2.24) is 4.98 Å². The molecule has 1 N–H and O–H groups in total. The normalized spacial score (nSPS) is 9.68. The molecule has 4 nitrogen and oxygen atoms in total. The average molecular weight is 253 g/mol. The van der Waals surface area contributed by atoms with E-state index in [-0.39, 0.29) is 0 Å². The fraction of sp³-hybridized carbons (Fsp3) is 0.200. The molecule has 2 aromatic rings. The van der Waals surface area contributed by atoms with Crippen molar-refractivity contribution < 1.29 is 4.74 Å². The second-order valence-corrected chi connectivity index (χ2v) is 4.07. The summed E-state index contributed by atoms with van der Waals surface area (Å²) in [5.41, 5.74) is 2.60. The van der Waals surface area contributed by atoms with E-state index in [0.717, 1.165) is 24.4 Å². The van der Waals surface area contributed by atoms with Crippen molar-refractivity contribution in [2.45, 2.75) is 6.42 Å². The van der Waals surface area contributed by atoms with E-state index in [1.165, 1.54) is 5.56 Å². The van der Waals surface area contributed by atoms with E-state index >= 15 is 0 Å². The largest absolute Gasteiger partial charge is 0.497 e. The van der Waals surface area contributed by atoms with Gasteiger partial charge in [-0.2, -0.15) is 5.26 Å². The van der Waals surface area contributed by atoms with Crippen LogP contribution in [0.3, 0.4) is 0 Å². The Labute approximate surface area is 112 Å². The molecule has 0 saturated carbocycles. The number of hydrogen-bond acceptors (Lipinski definition) is 4. The van der Waals surface area contributed by atoms with Gasteiger partial charge < -0.3 is 10.1 Å². The molecule has 1 heterocycles. The van der Waals surface area contributed by atoms with Gasteiger partial charge in [0.15, 0.2) is 0 Å². The molecule has 0 bridgehead atoms.